The first-order valence-electron chi connectivity index (χ1n) is 7.33. The van der Waals surface area contributed by atoms with Gasteiger partial charge < -0.3 is 10.2 Å². The van der Waals surface area contributed by atoms with Gasteiger partial charge in [0.2, 0.25) is 5.91 Å². The lowest BCUT2D eigenvalue weighted by Gasteiger charge is -2.27. The summed E-state index contributed by atoms with van der Waals surface area (Å²) in [5.74, 6) is 0.943. The molecule has 3 nitrogen and oxygen atoms in total. The van der Waals surface area contributed by atoms with Gasteiger partial charge in [-0.05, 0) is 31.9 Å². The van der Waals surface area contributed by atoms with Gasteiger partial charge in [0.05, 0.1) is 26.1 Å². The summed E-state index contributed by atoms with van der Waals surface area (Å²) in [5.41, 5.74) is 2.11. The Hall–Kier alpha value is -1.35. The van der Waals surface area contributed by atoms with Crippen LogP contribution in [0.3, 0.4) is 0 Å². The third-order valence-electron chi connectivity index (χ3n) is 3.91. The van der Waals surface area contributed by atoms with Crippen LogP contribution in [0.25, 0.3) is 0 Å². The number of likely N-dealkylation sites (tertiary alicyclic amines) is 1. The van der Waals surface area contributed by atoms with Crippen molar-refractivity contribution in [1.29, 1.82) is 0 Å². The van der Waals surface area contributed by atoms with Crippen LogP contribution in [0, 0.1) is 12.8 Å². The quantitative estimate of drug-likeness (QED) is 0.849. The molecule has 1 aliphatic heterocycles. The van der Waals surface area contributed by atoms with Crippen LogP contribution in [0.5, 0.6) is 0 Å². The Kier molecular flexibility index (Phi) is 4.97. The van der Waals surface area contributed by atoms with Crippen LogP contribution in [0.2, 0.25) is 0 Å². The standard InChI is InChI=1S/C16H24N2O/c1-13-5-7-15(8-6-13)17-16(19)9-11-18-10-3-4-14(2)12-18/h5-8,14H,3-4,9-12H2,1-2H3,(H,17,19)/p+1/t14-/m0/s1. The number of anilines is 1. The van der Waals surface area contributed by atoms with Crippen molar-refractivity contribution >= 4 is 11.6 Å². The maximum Gasteiger partial charge on any atom is 0.230 e. The van der Waals surface area contributed by atoms with Crippen molar-refractivity contribution in [3.63, 3.8) is 0 Å². The SMILES string of the molecule is Cc1ccc(NC(=O)CC[NH+]2CCC[C@H](C)C2)cc1. The van der Waals surface area contributed by atoms with Crippen LogP contribution in [-0.4, -0.2) is 25.5 Å². The maximum atomic E-state index is 11.9. The molecule has 2 atom stereocenters. The van der Waals surface area contributed by atoms with Gasteiger partial charge in [0.25, 0.3) is 0 Å². The number of rotatable bonds is 4. The van der Waals surface area contributed by atoms with E-state index in [2.05, 4.69) is 12.2 Å². The molecule has 0 aromatic heterocycles. The summed E-state index contributed by atoms with van der Waals surface area (Å²) in [6, 6.07) is 7.96. The molecule has 3 heteroatoms. The van der Waals surface area contributed by atoms with Crippen LogP contribution in [0.1, 0.15) is 31.7 Å². The van der Waals surface area contributed by atoms with Gasteiger partial charge in [-0.25, -0.2) is 0 Å². The van der Waals surface area contributed by atoms with E-state index in [4.69, 9.17) is 0 Å². The highest BCUT2D eigenvalue weighted by Gasteiger charge is 2.19. The van der Waals surface area contributed by atoms with Crippen molar-refractivity contribution in [3.8, 4) is 0 Å². The van der Waals surface area contributed by atoms with E-state index in [9.17, 15) is 4.79 Å². The predicted molar refractivity (Wildman–Crippen MR) is 78.4 cm³/mol. The summed E-state index contributed by atoms with van der Waals surface area (Å²) in [5, 5.41) is 2.97. The first-order chi connectivity index (χ1) is 9.13. The molecule has 1 aromatic carbocycles. The molecule has 0 bridgehead atoms. The van der Waals surface area contributed by atoms with Crippen LogP contribution in [0.15, 0.2) is 24.3 Å². The molecular weight excluding hydrogens is 236 g/mol. The van der Waals surface area contributed by atoms with Gasteiger partial charge in [-0.2, -0.15) is 0 Å². The van der Waals surface area contributed by atoms with Crippen LogP contribution in [0.4, 0.5) is 5.69 Å². The van der Waals surface area contributed by atoms with Crippen LogP contribution in [-0.2, 0) is 4.79 Å². The number of nitrogens with one attached hydrogen (secondary N) is 2. The molecule has 19 heavy (non-hydrogen) atoms. The molecule has 2 rings (SSSR count). The minimum atomic E-state index is 0.134. The molecule has 1 aromatic rings. The fraction of sp³-hybridized carbons (Fsp3) is 0.562. The fourth-order valence-electron chi connectivity index (χ4n) is 2.78. The Bertz CT molecular complexity index is 413. The summed E-state index contributed by atoms with van der Waals surface area (Å²) >= 11 is 0. The smallest absolute Gasteiger partial charge is 0.230 e. The van der Waals surface area contributed by atoms with E-state index >= 15 is 0 Å². The van der Waals surface area contributed by atoms with Gasteiger partial charge in [0, 0.05) is 11.6 Å². The number of hydrogen-bond donors (Lipinski definition) is 2. The van der Waals surface area contributed by atoms with E-state index in [0.717, 1.165) is 18.2 Å². The van der Waals surface area contributed by atoms with Crippen LogP contribution >= 0.6 is 0 Å². The van der Waals surface area contributed by atoms with Crippen molar-refractivity contribution < 1.29 is 9.69 Å². The average Bonchev–Trinajstić information content (AvgIpc) is 2.39. The fourth-order valence-corrected chi connectivity index (χ4v) is 2.78. The number of carbonyl (C=O) groups excluding carboxylic acids is 1. The number of benzene rings is 1. The zero-order chi connectivity index (χ0) is 13.7. The molecule has 1 heterocycles. The molecular formula is C16H25N2O+. The highest BCUT2D eigenvalue weighted by Crippen LogP contribution is 2.08. The number of aryl methyl sites for hydroxylation is 1. The molecule has 1 amide bonds. The zero-order valence-corrected chi connectivity index (χ0v) is 12.0. The van der Waals surface area contributed by atoms with Crippen molar-refractivity contribution in [2.75, 3.05) is 25.0 Å². The van der Waals surface area contributed by atoms with Crippen molar-refractivity contribution in [2.24, 2.45) is 5.92 Å². The lowest BCUT2D eigenvalue weighted by Crippen LogP contribution is -3.13. The van der Waals surface area contributed by atoms with E-state index in [0.29, 0.717) is 6.42 Å². The second-order valence-corrected chi connectivity index (χ2v) is 5.87. The molecule has 104 valence electrons. The first-order valence-corrected chi connectivity index (χ1v) is 7.33. The van der Waals surface area contributed by atoms with Crippen molar-refractivity contribution in [1.82, 2.24) is 0 Å². The number of carbonyl (C=O) groups is 1. The molecule has 1 aliphatic rings. The normalized spacial score (nSPS) is 23.1. The van der Waals surface area contributed by atoms with E-state index in [-0.39, 0.29) is 5.91 Å². The topological polar surface area (TPSA) is 33.5 Å². The van der Waals surface area contributed by atoms with Gasteiger partial charge >= 0.3 is 0 Å². The second kappa shape index (κ2) is 6.71. The third kappa shape index (κ3) is 4.67. The highest BCUT2D eigenvalue weighted by molar-refractivity contribution is 5.90. The summed E-state index contributed by atoms with van der Waals surface area (Å²) in [7, 11) is 0. The zero-order valence-electron chi connectivity index (χ0n) is 12.0. The largest absolute Gasteiger partial charge is 0.334 e. The maximum absolute atomic E-state index is 11.9. The van der Waals surface area contributed by atoms with Gasteiger partial charge in [0.1, 0.15) is 0 Å². The van der Waals surface area contributed by atoms with Crippen molar-refractivity contribution in [2.45, 2.75) is 33.1 Å². The van der Waals surface area contributed by atoms with Gasteiger partial charge in [-0.15, -0.1) is 0 Å². The third-order valence-corrected chi connectivity index (χ3v) is 3.91. The van der Waals surface area contributed by atoms with Gasteiger partial charge in [-0.3, -0.25) is 4.79 Å². The Balaban J connectivity index is 1.73. The van der Waals surface area contributed by atoms with E-state index in [1.54, 1.807) is 4.90 Å². The Morgan fingerprint density at radius 3 is 2.79 bits per heavy atom. The minimum absolute atomic E-state index is 0.134. The molecule has 2 N–H and O–H groups in total. The lowest BCUT2D eigenvalue weighted by molar-refractivity contribution is -0.907. The molecule has 0 saturated carbocycles. The number of hydrogen-bond acceptors (Lipinski definition) is 1. The molecule has 1 unspecified atom stereocenters. The summed E-state index contributed by atoms with van der Waals surface area (Å²) in [6.45, 7) is 7.76. The predicted octanol–water partition coefficient (Wildman–Crippen LogP) is 1.64. The molecule has 0 radical (unpaired) electrons. The second-order valence-electron chi connectivity index (χ2n) is 5.87. The Labute approximate surface area is 116 Å². The minimum Gasteiger partial charge on any atom is -0.334 e. The first kappa shape index (κ1) is 14.1. The van der Waals surface area contributed by atoms with E-state index < -0.39 is 0 Å². The molecule has 1 fully saturated rings. The number of quaternary nitrogens is 1. The van der Waals surface area contributed by atoms with Gasteiger partial charge in [-0.1, -0.05) is 24.6 Å². The van der Waals surface area contributed by atoms with Gasteiger partial charge in [0.15, 0.2) is 0 Å². The molecule has 0 spiro atoms. The molecule has 0 aliphatic carbocycles. The summed E-state index contributed by atoms with van der Waals surface area (Å²) < 4.78 is 0. The Morgan fingerprint density at radius 1 is 1.37 bits per heavy atom. The van der Waals surface area contributed by atoms with Crippen molar-refractivity contribution in [3.05, 3.63) is 29.8 Å². The highest BCUT2D eigenvalue weighted by atomic mass is 16.1. The summed E-state index contributed by atoms with van der Waals surface area (Å²) in [6.07, 6.45) is 3.27. The number of piperidine rings is 1. The van der Waals surface area contributed by atoms with E-state index in [1.165, 1.54) is 31.5 Å². The lowest BCUT2D eigenvalue weighted by atomic mass is 10.0. The Morgan fingerprint density at radius 2 is 2.11 bits per heavy atom. The number of amides is 1. The summed E-state index contributed by atoms with van der Waals surface area (Å²) in [4.78, 5) is 13.5. The monoisotopic (exact) mass is 261 g/mol. The van der Waals surface area contributed by atoms with Crippen LogP contribution < -0.4 is 10.2 Å². The molecule has 1 saturated heterocycles. The van der Waals surface area contributed by atoms with E-state index in [1.807, 2.05) is 31.2 Å². The average molecular weight is 261 g/mol.